The molecule has 4 aromatic rings. The molecule has 0 fully saturated rings. The zero-order valence-corrected chi connectivity index (χ0v) is 16.1. The second-order valence-electron chi connectivity index (χ2n) is 6.45. The van der Waals surface area contributed by atoms with Gasteiger partial charge in [-0.15, -0.1) is 11.3 Å². The molecule has 0 saturated carbocycles. The third-order valence-corrected chi connectivity index (χ3v) is 5.14. The summed E-state index contributed by atoms with van der Waals surface area (Å²) in [5.74, 6) is 0.788. The number of rotatable bonds is 4. The summed E-state index contributed by atoms with van der Waals surface area (Å²) in [5.41, 5.74) is 0.662. The summed E-state index contributed by atoms with van der Waals surface area (Å²) in [7, 11) is 0. The molecule has 0 aliphatic heterocycles. The van der Waals surface area contributed by atoms with Gasteiger partial charge in [-0.25, -0.2) is 9.97 Å². The Bertz CT molecular complexity index is 1170. The van der Waals surface area contributed by atoms with Crippen LogP contribution < -0.4 is 5.32 Å². The first-order valence-electron chi connectivity index (χ1n) is 8.56. The van der Waals surface area contributed by atoms with E-state index >= 15 is 0 Å². The number of nitrogens with one attached hydrogen (secondary N) is 2. The SMILES string of the molecule is Cc1nc([C@H](C)NC(=O)c2csc3nc(-c4ccc(C(F)(F)F)cc4)cn23)n[nH]1. The van der Waals surface area contributed by atoms with Crippen molar-refractivity contribution < 1.29 is 18.0 Å². The number of fused-ring (bicyclic) bond motifs is 1. The van der Waals surface area contributed by atoms with E-state index in [0.29, 0.717) is 33.6 Å². The number of aromatic amines is 1. The van der Waals surface area contributed by atoms with Gasteiger partial charge in [-0.1, -0.05) is 12.1 Å². The number of aryl methyl sites for hydroxylation is 1. The Morgan fingerprint density at radius 1 is 1.24 bits per heavy atom. The first-order chi connectivity index (χ1) is 13.7. The van der Waals surface area contributed by atoms with Crippen molar-refractivity contribution in [3.8, 4) is 11.3 Å². The highest BCUT2D eigenvalue weighted by molar-refractivity contribution is 7.15. The number of thiazole rings is 1. The molecule has 0 saturated heterocycles. The average Bonchev–Trinajstić information content (AvgIpc) is 3.36. The van der Waals surface area contributed by atoms with Crippen molar-refractivity contribution in [3.05, 3.63) is 58.7 Å². The Labute approximate surface area is 166 Å². The largest absolute Gasteiger partial charge is 0.416 e. The summed E-state index contributed by atoms with van der Waals surface area (Å²) in [6, 6.07) is 4.35. The van der Waals surface area contributed by atoms with Gasteiger partial charge in [0.2, 0.25) is 0 Å². The molecule has 1 aromatic carbocycles. The van der Waals surface area contributed by atoms with Gasteiger partial charge in [-0.05, 0) is 26.0 Å². The molecule has 3 heterocycles. The van der Waals surface area contributed by atoms with Crippen LogP contribution in [0.25, 0.3) is 16.2 Å². The maximum atomic E-state index is 12.7. The number of aromatic nitrogens is 5. The van der Waals surface area contributed by atoms with Crippen molar-refractivity contribution in [2.24, 2.45) is 0 Å². The Morgan fingerprint density at radius 2 is 1.97 bits per heavy atom. The second-order valence-corrected chi connectivity index (χ2v) is 7.29. The third kappa shape index (κ3) is 3.73. The minimum Gasteiger partial charge on any atom is -0.341 e. The topological polar surface area (TPSA) is 88.0 Å². The molecular formula is C18H15F3N6OS. The molecule has 29 heavy (non-hydrogen) atoms. The van der Waals surface area contributed by atoms with Gasteiger partial charge in [-0.2, -0.15) is 18.3 Å². The number of hydrogen-bond donors (Lipinski definition) is 2. The second kappa shape index (κ2) is 6.99. The molecular weight excluding hydrogens is 405 g/mol. The van der Waals surface area contributed by atoms with Crippen molar-refractivity contribution in [2.75, 3.05) is 0 Å². The average molecular weight is 420 g/mol. The Morgan fingerprint density at radius 3 is 2.59 bits per heavy atom. The molecule has 150 valence electrons. The number of benzene rings is 1. The Balaban J connectivity index is 1.58. The molecule has 0 spiro atoms. The number of hydrogen-bond acceptors (Lipinski definition) is 5. The highest BCUT2D eigenvalue weighted by atomic mass is 32.1. The summed E-state index contributed by atoms with van der Waals surface area (Å²) in [6.07, 6.45) is -2.76. The molecule has 0 radical (unpaired) electrons. The zero-order chi connectivity index (χ0) is 20.8. The summed E-state index contributed by atoms with van der Waals surface area (Å²) in [6.45, 7) is 3.54. The van der Waals surface area contributed by atoms with Gasteiger partial charge in [0.15, 0.2) is 10.8 Å². The number of H-pyrrole nitrogens is 1. The fourth-order valence-corrected chi connectivity index (χ4v) is 3.66. The van der Waals surface area contributed by atoms with Gasteiger partial charge in [0.1, 0.15) is 11.5 Å². The summed E-state index contributed by atoms with van der Waals surface area (Å²) < 4.78 is 39.8. The predicted octanol–water partition coefficient (Wildman–Crippen LogP) is 4.00. The quantitative estimate of drug-likeness (QED) is 0.522. The van der Waals surface area contributed by atoms with Crippen LogP contribution in [0.5, 0.6) is 0 Å². The molecule has 0 bridgehead atoms. The summed E-state index contributed by atoms with van der Waals surface area (Å²) in [4.78, 5) is 21.8. The molecule has 0 unspecified atom stereocenters. The number of halogens is 3. The fourth-order valence-electron chi connectivity index (χ4n) is 2.81. The van der Waals surface area contributed by atoms with Crippen molar-refractivity contribution in [1.82, 2.24) is 29.9 Å². The van der Waals surface area contributed by atoms with Crippen molar-refractivity contribution >= 4 is 22.2 Å². The highest BCUT2D eigenvalue weighted by Gasteiger charge is 2.30. The van der Waals surface area contributed by atoms with Gasteiger partial charge >= 0.3 is 6.18 Å². The number of imidazole rings is 1. The minimum atomic E-state index is -4.39. The lowest BCUT2D eigenvalue weighted by atomic mass is 10.1. The molecule has 4 rings (SSSR count). The minimum absolute atomic E-state index is 0.331. The van der Waals surface area contributed by atoms with Crippen LogP contribution in [0.2, 0.25) is 0 Å². The molecule has 0 aliphatic carbocycles. The zero-order valence-electron chi connectivity index (χ0n) is 15.3. The maximum Gasteiger partial charge on any atom is 0.416 e. The number of carbonyl (C=O) groups is 1. The maximum absolute atomic E-state index is 12.7. The van der Waals surface area contributed by atoms with Crippen LogP contribution in [0.1, 0.15) is 40.7 Å². The van der Waals surface area contributed by atoms with Crippen LogP contribution in [-0.2, 0) is 6.18 Å². The summed E-state index contributed by atoms with van der Waals surface area (Å²) in [5, 5.41) is 11.3. The van der Waals surface area contributed by atoms with Crippen LogP contribution in [0.15, 0.2) is 35.8 Å². The molecule has 1 atom stereocenters. The molecule has 11 heteroatoms. The van der Waals surface area contributed by atoms with Gasteiger partial charge < -0.3 is 5.32 Å². The van der Waals surface area contributed by atoms with Gasteiger partial charge in [0.25, 0.3) is 5.91 Å². The third-order valence-electron chi connectivity index (χ3n) is 4.30. The number of nitrogens with zero attached hydrogens (tertiary/aromatic N) is 4. The number of amides is 1. The van der Waals surface area contributed by atoms with Crippen LogP contribution in [0.4, 0.5) is 13.2 Å². The van der Waals surface area contributed by atoms with Gasteiger partial charge in [-0.3, -0.25) is 14.3 Å². The predicted molar refractivity (Wildman–Crippen MR) is 101 cm³/mol. The molecule has 7 nitrogen and oxygen atoms in total. The van der Waals surface area contributed by atoms with E-state index in [-0.39, 0.29) is 5.91 Å². The Kier molecular flexibility index (Phi) is 4.61. The van der Waals surface area contributed by atoms with Crippen LogP contribution >= 0.6 is 11.3 Å². The first kappa shape index (κ1) is 19.1. The van der Waals surface area contributed by atoms with E-state index in [4.69, 9.17) is 0 Å². The molecule has 3 aromatic heterocycles. The number of alkyl halides is 3. The smallest absolute Gasteiger partial charge is 0.341 e. The monoisotopic (exact) mass is 420 g/mol. The van der Waals surface area contributed by atoms with E-state index < -0.39 is 17.8 Å². The standard InChI is InChI=1S/C18H15F3N6OS/c1-9(15-23-10(2)25-26-15)22-16(28)14-8-29-17-24-13(7-27(14)17)11-3-5-12(6-4-11)18(19,20)21/h3-9H,1-2H3,(H,22,28)(H,23,25,26)/t9-/m0/s1. The van der Waals surface area contributed by atoms with E-state index in [2.05, 4.69) is 25.5 Å². The van der Waals surface area contributed by atoms with Crippen LogP contribution in [0, 0.1) is 6.92 Å². The van der Waals surface area contributed by atoms with Crippen LogP contribution in [-0.4, -0.2) is 30.5 Å². The van der Waals surface area contributed by atoms with Gasteiger partial charge in [0, 0.05) is 17.1 Å². The lowest BCUT2D eigenvalue weighted by molar-refractivity contribution is -0.137. The van der Waals surface area contributed by atoms with Crippen molar-refractivity contribution in [1.29, 1.82) is 0 Å². The fraction of sp³-hybridized carbons (Fsp3) is 0.222. The molecule has 0 aliphatic rings. The Hall–Kier alpha value is -3.21. The van der Waals surface area contributed by atoms with E-state index in [1.165, 1.54) is 23.5 Å². The van der Waals surface area contributed by atoms with Crippen molar-refractivity contribution in [2.45, 2.75) is 26.1 Å². The molecule has 1 amide bonds. The molecule has 2 N–H and O–H groups in total. The van der Waals surface area contributed by atoms with E-state index in [0.717, 1.165) is 12.1 Å². The van der Waals surface area contributed by atoms with Crippen molar-refractivity contribution in [3.63, 3.8) is 0 Å². The van der Waals surface area contributed by atoms with E-state index in [1.54, 1.807) is 29.8 Å². The first-order valence-corrected chi connectivity index (χ1v) is 9.44. The lowest BCUT2D eigenvalue weighted by Gasteiger charge is -2.09. The van der Waals surface area contributed by atoms with E-state index in [1.807, 2.05) is 0 Å². The summed E-state index contributed by atoms with van der Waals surface area (Å²) >= 11 is 1.27. The highest BCUT2D eigenvalue weighted by Crippen LogP contribution is 2.31. The number of carbonyl (C=O) groups excluding carboxylic acids is 1. The van der Waals surface area contributed by atoms with Gasteiger partial charge in [0.05, 0.1) is 17.3 Å². The lowest BCUT2D eigenvalue weighted by Crippen LogP contribution is -2.28. The van der Waals surface area contributed by atoms with E-state index in [9.17, 15) is 18.0 Å². The normalized spacial score (nSPS) is 13.0. The van der Waals surface area contributed by atoms with Crippen LogP contribution in [0.3, 0.4) is 0 Å².